The van der Waals surface area contributed by atoms with Gasteiger partial charge in [-0.1, -0.05) is 0 Å². The summed E-state index contributed by atoms with van der Waals surface area (Å²) in [5, 5.41) is 0. The summed E-state index contributed by atoms with van der Waals surface area (Å²) in [7, 11) is 1.79. The zero-order valence-electron chi connectivity index (χ0n) is 8.28. The monoisotopic (exact) mass is 241 g/mol. The number of hydrogen-bond donors (Lipinski definition) is 0. The number of morpholine rings is 1. The van der Waals surface area contributed by atoms with E-state index in [0.29, 0.717) is 12.5 Å². The van der Waals surface area contributed by atoms with Crippen LogP contribution in [0.4, 0.5) is 0 Å². The summed E-state index contributed by atoms with van der Waals surface area (Å²) < 4.78 is 26.6. The molecule has 1 heterocycles. The van der Waals surface area contributed by atoms with Gasteiger partial charge in [0.05, 0.1) is 19.0 Å². The molecule has 1 aliphatic heterocycles. The van der Waals surface area contributed by atoms with Crippen LogP contribution < -0.4 is 0 Å². The Labute approximate surface area is 89.6 Å². The quantitative estimate of drug-likeness (QED) is 0.679. The van der Waals surface area contributed by atoms with Crippen molar-refractivity contribution in [1.29, 1.82) is 0 Å². The highest BCUT2D eigenvalue weighted by Gasteiger charge is 2.18. The van der Waals surface area contributed by atoms with E-state index in [4.69, 9.17) is 15.4 Å². The first kappa shape index (κ1) is 12.2. The maximum absolute atomic E-state index is 10.7. The zero-order valence-corrected chi connectivity index (χ0v) is 9.85. The van der Waals surface area contributed by atoms with Crippen molar-refractivity contribution in [1.82, 2.24) is 4.90 Å². The topological polar surface area (TPSA) is 46.6 Å². The molecule has 0 aromatic rings. The van der Waals surface area contributed by atoms with Gasteiger partial charge in [0.15, 0.2) is 0 Å². The Morgan fingerprint density at radius 3 is 2.86 bits per heavy atom. The van der Waals surface area contributed by atoms with E-state index in [1.54, 1.807) is 0 Å². The number of rotatable bonds is 4. The lowest BCUT2D eigenvalue weighted by molar-refractivity contribution is 0.00000907. The van der Waals surface area contributed by atoms with Gasteiger partial charge in [-0.3, -0.25) is 4.90 Å². The van der Waals surface area contributed by atoms with Crippen LogP contribution in [0.25, 0.3) is 0 Å². The molecular formula is C8H16ClNO3S. The molecule has 1 saturated heterocycles. The van der Waals surface area contributed by atoms with Gasteiger partial charge in [0.1, 0.15) is 0 Å². The Hall–Kier alpha value is 0.160. The first-order valence-electron chi connectivity index (χ1n) is 4.73. The Kier molecular flexibility index (Phi) is 4.63. The van der Waals surface area contributed by atoms with Gasteiger partial charge in [-0.2, -0.15) is 0 Å². The first-order chi connectivity index (χ1) is 6.49. The summed E-state index contributed by atoms with van der Waals surface area (Å²) >= 11 is 0. The molecule has 1 aliphatic rings. The number of halogens is 1. The van der Waals surface area contributed by atoms with Crippen molar-refractivity contribution in [2.24, 2.45) is 0 Å². The lowest BCUT2D eigenvalue weighted by Gasteiger charge is -2.32. The molecule has 84 valence electrons. The summed E-state index contributed by atoms with van der Waals surface area (Å²) in [6, 6.07) is 0.377. The highest BCUT2D eigenvalue weighted by Crippen LogP contribution is 2.08. The van der Waals surface area contributed by atoms with Gasteiger partial charge in [-0.25, -0.2) is 8.42 Å². The van der Waals surface area contributed by atoms with Crippen LogP contribution in [0, 0.1) is 0 Å². The van der Waals surface area contributed by atoms with Crippen molar-refractivity contribution in [2.45, 2.75) is 19.4 Å². The molecule has 6 heteroatoms. The SMILES string of the molecule is C[C@H]1COCCN1CCCS(=O)(=O)Cl. The fourth-order valence-electron chi connectivity index (χ4n) is 1.53. The summed E-state index contributed by atoms with van der Waals surface area (Å²) in [4.78, 5) is 2.23. The standard InChI is InChI=1S/C8H16ClNO3S/c1-8-7-13-5-4-10(8)3-2-6-14(9,11)12/h8H,2-7H2,1H3/t8-/m0/s1. The van der Waals surface area contributed by atoms with Crippen LogP contribution in [0.3, 0.4) is 0 Å². The fraction of sp³-hybridized carbons (Fsp3) is 1.00. The minimum atomic E-state index is -3.33. The molecule has 0 saturated carbocycles. The van der Waals surface area contributed by atoms with E-state index in [1.165, 1.54) is 0 Å². The van der Waals surface area contributed by atoms with E-state index in [-0.39, 0.29) is 5.75 Å². The third-order valence-electron chi connectivity index (χ3n) is 2.34. The molecule has 0 radical (unpaired) electrons. The zero-order chi connectivity index (χ0) is 10.6. The van der Waals surface area contributed by atoms with Gasteiger partial charge in [0, 0.05) is 23.3 Å². The van der Waals surface area contributed by atoms with Crippen molar-refractivity contribution in [3.8, 4) is 0 Å². The van der Waals surface area contributed by atoms with Crippen LogP contribution in [0.15, 0.2) is 0 Å². The maximum Gasteiger partial charge on any atom is 0.232 e. The van der Waals surface area contributed by atoms with E-state index in [0.717, 1.165) is 26.3 Å². The van der Waals surface area contributed by atoms with E-state index in [1.807, 2.05) is 0 Å². The van der Waals surface area contributed by atoms with Crippen molar-refractivity contribution < 1.29 is 13.2 Å². The second kappa shape index (κ2) is 5.30. The summed E-state index contributed by atoms with van der Waals surface area (Å²) in [6.07, 6.45) is 0.593. The van der Waals surface area contributed by atoms with Crippen molar-refractivity contribution >= 4 is 19.7 Å². The average molecular weight is 242 g/mol. The molecule has 1 atom stereocenters. The lowest BCUT2D eigenvalue weighted by atomic mass is 10.2. The van der Waals surface area contributed by atoms with Crippen LogP contribution in [0.1, 0.15) is 13.3 Å². The summed E-state index contributed by atoms with van der Waals surface area (Å²) in [5.41, 5.74) is 0. The predicted octanol–water partition coefficient (Wildman–Crippen LogP) is 0.666. The Balaban J connectivity index is 2.23. The number of hydrogen-bond acceptors (Lipinski definition) is 4. The fourth-order valence-corrected chi connectivity index (χ4v) is 2.33. The minimum Gasteiger partial charge on any atom is -0.379 e. The summed E-state index contributed by atoms with van der Waals surface area (Å²) in [6.45, 7) is 5.19. The minimum absolute atomic E-state index is 0.0542. The van der Waals surface area contributed by atoms with Gasteiger partial charge >= 0.3 is 0 Å². The van der Waals surface area contributed by atoms with Crippen molar-refractivity contribution in [2.75, 3.05) is 32.1 Å². The number of nitrogens with zero attached hydrogens (tertiary/aromatic N) is 1. The molecule has 0 aromatic heterocycles. The van der Waals surface area contributed by atoms with Gasteiger partial charge in [0.2, 0.25) is 9.05 Å². The molecule has 14 heavy (non-hydrogen) atoms. The molecular weight excluding hydrogens is 226 g/mol. The molecule has 1 fully saturated rings. The second-order valence-corrected chi connectivity index (χ2v) is 6.45. The Bertz CT molecular complexity index is 268. The van der Waals surface area contributed by atoms with Gasteiger partial charge in [0.25, 0.3) is 0 Å². The molecule has 1 rings (SSSR count). The molecule has 4 nitrogen and oxygen atoms in total. The normalized spacial score (nSPS) is 25.1. The molecule has 0 N–H and O–H groups in total. The van der Waals surface area contributed by atoms with Crippen LogP contribution >= 0.6 is 10.7 Å². The highest BCUT2D eigenvalue weighted by molar-refractivity contribution is 8.13. The highest BCUT2D eigenvalue weighted by atomic mass is 35.7. The van der Waals surface area contributed by atoms with Crippen LogP contribution in [0.2, 0.25) is 0 Å². The van der Waals surface area contributed by atoms with Crippen LogP contribution in [-0.4, -0.2) is 51.4 Å². The number of ether oxygens (including phenoxy) is 1. The van der Waals surface area contributed by atoms with Crippen molar-refractivity contribution in [3.63, 3.8) is 0 Å². The van der Waals surface area contributed by atoms with Gasteiger partial charge in [-0.15, -0.1) is 0 Å². The van der Waals surface area contributed by atoms with E-state index in [9.17, 15) is 8.42 Å². The summed E-state index contributed by atoms with van der Waals surface area (Å²) in [5.74, 6) is 0.0542. The molecule has 0 spiro atoms. The lowest BCUT2D eigenvalue weighted by Crippen LogP contribution is -2.44. The van der Waals surface area contributed by atoms with Crippen molar-refractivity contribution in [3.05, 3.63) is 0 Å². The Morgan fingerprint density at radius 1 is 1.57 bits per heavy atom. The van der Waals surface area contributed by atoms with Gasteiger partial charge < -0.3 is 4.74 Å². The average Bonchev–Trinajstić information content (AvgIpc) is 2.06. The van der Waals surface area contributed by atoms with Gasteiger partial charge in [-0.05, 0) is 19.9 Å². The third-order valence-corrected chi connectivity index (χ3v) is 3.58. The van der Waals surface area contributed by atoms with Crippen LogP contribution in [0.5, 0.6) is 0 Å². The van der Waals surface area contributed by atoms with E-state index in [2.05, 4.69) is 11.8 Å². The van der Waals surface area contributed by atoms with Crippen LogP contribution in [-0.2, 0) is 13.8 Å². The second-order valence-electron chi connectivity index (χ2n) is 3.56. The largest absolute Gasteiger partial charge is 0.379 e. The van der Waals surface area contributed by atoms with E-state index >= 15 is 0 Å². The smallest absolute Gasteiger partial charge is 0.232 e. The third kappa shape index (κ3) is 4.59. The molecule has 0 unspecified atom stereocenters. The first-order valence-corrected chi connectivity index (χ1v) is 7.21. The maximum atomic E-state index is 10.7. The Morgan fingerprint density at radius 2 is 2.29 bits per heavy atom. The molecule has 0 amide bonds. The molecule has 0 aromatic carbocycles. The predicted molar refractivity (Wildman–Crippen MR) is 56.1 cm³/mol. The van der Waals surface area contributed by atoms with E-state index < -0.39 is 9.05 Å². The molecule has 0 bridgehead atoms. The molecule has 0 aliphatic carbocycles.